The monoisotopic (exact) mass is 588 g/mol. The number of carbonyl (C=O) groups is 2. The molecule has 0 saturated carbocycles. The number of anilines is 2. The van der Waals surface area contributed by atoms with Crippen LogP contribution >= 0.6 is 0 Å². The van der Waals surface area contributed by atoms with Gasteiger partial charge < -0.3 is 26.4 Å². The molecule has 1 atom stereocenters. The van der Waals surface area contributed by atoms with E-state index in [0.717, 1.165) is 87.1 Å². The summed E-state index contributed by atoms with van der Waals surface area (Å²) in [4.78, 5) is 24.3. The molecule has 5 N–H and O–H groups in total. The molecule has 0 bridgehead atoms. The summed E-state index contributed by atoms with van der Waals surface area (Å²) in [6.07, 6.45) is 6.82. The van der Waals surface area contributed by atoms with E-state index in [0.29, 0.717) is 0 Å². The van der Waals surface area contributed by atoms with Crippen LogP contribution in [0.3, 0.4) is 0 Å². The number of urea groups is 1. The van der Waals surface area contributed by atoms with E-state index in [9.17, 15) is 9.59 Å². The minimum absolute atomic E-state index is 0.00823. The highest BCUT2D eigenvalue weighted by molar-refractivity contribution is 5.90. The van der Waals surface area contributed by atoms with Crippen molar-refractivity contribution in [1.82, 2.24) is 10.2 Å². The molecule has 2 aliphatic heterocycles. The van der Waals surface area contributed by atoms with Crippen molar-refractivity contribution in [2.24, 2.45) is 0 Å². The van der Waals surface area contributed by atoms with Crippen molar-refractivity contribution in [3.05, 3.63) is 107 Å². The summed E-state index contributed by atoms with van der Waals surface area (Å²) < 4.78 is 0. The molecule has 7 nitrogen and oxygen atoms in total. The predicted octanol–water partition coefficient (Wildman–Crippen LogP) is 6.74. The Morgan fingerprint density at radius 1 is 0.818 bits per heavy atom. The van der Waals surface area contributed by atoms with Gasteiger partial charge in [0.2, 0.25) is 0 Å². The van der Waals surface area contributed by atoms with Crippen molar-refractivity contribution in [1.29, 1.82) is 0 Å². The number of hydrogen-bond donors (Lipinski definition) is 4. The number of amides is 2. The lowest BCUT2D eigenvalue weighted by Gasteiger charge is -2.16. The minimum atomic E-state index is -0.720. The number of fused-ring (bicyclic) bond motifs is 3. The topological polar surface area (TPSA) is 108 Å². The smallest absolute Gasteiger partial charge is 0.321 e. The molecule has 4 aromatic rings. The van der Waals surface area contributed by atoms with Gasteiger partial charge in [0, 0.05) is 36.4 Å². The molecule has 2 amide bonds. The van der Waals surface area contributed by atoms with Crippen LogP contribution in [0.4, 0.5) is 16.2 Å². The van der Waals surface area contributed by atoms with Crippen molar-refractivity contribution >= 4 is 23.4 Å². The minimum Gasteiger partial charge on any atom is -0.480 e. The average Bonchev–Trinajstić information content (AvgIpc) is 3.84. The second kappa shape index (κ2) is 13.3. The van der Waals surface area contributed by atoms with E-state index in [2.05, 4.69) is 83.4 Å². The molecular weight excluding hydrogens is 548 g/mol. The second-order valence-corrected chi connectivity index (χ2v) is 11.9. The SMILES string of the molecule is Nc1c(-c2ccc(CCc3ccc(NC(=O)N4CCCC4)cc3)cc2)ccc2c1Cc1ccccc1-2.O=C(O)C1CCCN1. The van der Waals surface area contributed by atoms with Crippen molar-refractivity contribution in [2.75, 3.05) is 30.7 Å². The molecule has 0 aromatic heterocycles. The van der Waals surface area contributed by atoms with Crippen LogP contribution in [0.1, 0.15) is 47.9 Å². The van der Waals surface area contributed by atoms with Crippen molar-refractivity contribution in [3.63, 3.8) is 0 Å². The van der Waals surface area contributed by atoms with Gasteiger partial charge in [-0.05, 0) is 96.1 Å². The molecule has 3 aliphatic rings. The highest BCUT2D eigenvalue weighted by Crippen LogP contribution is 2.43. The number of likely N-dealkylation sites (tertiary alicyclic amines) is 1. The third-order valence-electron chi connectivity index (χ3n) is 8.96. The van der Waals surface area contributed by atoms with Crippen LogP contribution in [0.25, 0.3) is 22.3 Å². The van der Waals surface area contributed by atoms with Gasteiger partial charge in [0.05, 0.1) is 0 Å². The van der Waals surface area contributed by atoms with Crippen LogP contribution in [-0.2, 0) is 24.1 Å². The first-order valence-electron chi connectivity index (χ1n) is 15.7. The van der Waals surface area contributed by atoms with E-state index < -0.39 is 5.97 Å². The van der Waals surface area contributed by atoms with E-state index in [4.69, 9.17) is 10.8 Å². The first-order valence-corrected chi connectivity index (χ1v) is 15.7. The van der Waals surface area contributed by atoms with Crippen LogP contribution in [0.5, 0.6) is 0 Å². The fraction of sp³-hybridized carbons (Fsp3) is 0.297. The van der Waals surface area contributed by atoms with Gasteiger partial charge >= 0.3 is 12.0 Å². The maximum absolute atomic E-state index is 12.3. The summed E-state index contributed by atoms with van der Waals surface area (Å²) in [5.74, 6) is -0.720. The molecule has 2 fully saturated rings. The zero-order valence-corrected chi connectivity index (χ0v) is 25.0. The normalized spacial score (nSPS) is 16.5. The number of carboxylic acids is 1. The summed E-state index contributed by atoms with van der Waals surface area (Å²) in [7, 11) is 0. The largest absolute Gasteiger partial charge is 0.480 e. The molecule has 1 aliphatic carbocycles. The lowest BCUT2D eigenvalue weighted by molar-refractivity contribution is -0.139. The number of nitrogens with two attached hydrogens (primary N) is 1. The Balaban J connectivity index is 0.000000374. The molecule has 0 spiro atoms. The maximum atomic E-state index is 12.3. The van der Waals surface area contributed by atoms with E-state index in [1.165, 1.54) is 33.4 Å². The lowest BCUT2D eigenvalue weighted by Crippen LogP contribution is -2.32. The van der Waals surface area contributed by atoms with Crippen molar-refractivity contribution in [2.45, 2.75) is 51.0 Å². The molecule has 1 unspecified atom stereocenters. The molecule has 7 heteroatoms. The molecule has 44 heavy (non-hydrogen) atoms. The number of nitrogens with zero attached hydrogens (tertiary/aromatic N) is 1. The summed E-state index contributed by atoms with van der Waals surface area (Å²) >= 11 is 0. The van der Waals surface area contributed by atoms with Crippen LogP contribution < -0.4 is 16.4 Å². The molecule has 0 radical (unpaired) electrons. The molecule has 2 heterocycles. The Kier molecular flexibility index (Phi) is 8.94. The number of rotatable bonds is 6. The molecule has 2 saturated heterocycles. The number of carbonyl (C=O) groups excluding carboxylic acids is 1. The first kappa shape index (κ1) is 29.5. The van der Waals surface area contributed by atoms with Crippen LogP contribution in [0.2, 0.25) is 0 Å². The second-order valence-electron chi connectivity index (χ2n) is 11.9. The molecule has 4 aromatic carbocycles. The highest BCUT2D eigenvalue weighted by Gasteiger charge is 2.22. The van der Waals surface area contributed by atoms with Crippen molar-refractivity contribution in [3.8, 4) is 22.3 Å². The Labute approximate surface area is 259 Å². The van der Waals surface area contributed by atoms with Crippen LogP contribution in [0, 0.1) is 0 Å². The Hall–Kier alpha value is -4.62. The number of nitrogen functional groups attached to an aromatic ring is 1. The summed E-state index contributed by atoms with van der Waals surface area (Å²) in [5.41, 5.74) is 18.4. The van der Waals surface area contributed by atoms with Gasteiger partial charge in [0.15, 0.2) is 0 Å². The standard InChI is InChI=1S/C32H31N3O.C5H9NO2/c33-31-28(17-18-29-27-6-2-1-5-25(27)21-30(29)31)24-13-9-22(10-14-24)7-8-23-11-15-26(16-12-23)34-32(36)35-19-3-4-20-35;7-5(8)4-2-1-3-6-4/h1-2,5-6,9-18H,3-4,7-8,19-21,33H2,(H,34,36);4,6H,1-3H2,(H,7,8). The summed E-state index contributed by atoms with van der Waals surface area (Å²) in [6, 6.07) is 29.7. The molecular formula is C37H40N4O3. The lowest BCUT2D eigenvalue weighted by atomic mass is 9.95. The van der Waals surface area contributed by atoms with Gasteiger partial charge in [-0.1, -0.05) is 72.8 Å². The van der Waals surface area contributed by atoms with Gasteiger partial charge in [0.25, 0.3) is 0 Å². The zero-order valence-electron chi connectivity index (χ0n) is 25.0. The van der Waals surface area contributed by atoms with Gasteiger partial charge in [-0.2, -0.15) is 0 Å². The fourth-order valence-corrected chi connectivity index (χ4v) is 6.40. The Bertz CT molecular complexity index is 1620. The number of carboxylic acid groups (broad SMARTS) is 1. The predicted molar refractivity (Wildman–Crippen MR) is 177 cm³/mol. The highest BCUT2D eigenvalue weighted by atomic mass is 16.4. The van der Waals surface area contributed by atoms with Crippen LogP contribution in [0.15, 0.2) is 84.9 Å². The summed E-state index contributed by atoms with van der Waals surface area (Å²) in [5, 5.41) is 14.2. The summed E-state index contributed by atoms with van der Waals surface area (Å²) in [6.45, 7) is 2.57. The first-order chi connectivity index (χ1) is 21.5. The third-order valence-corrected chi connectivity index (χ3v) is 8.96. The fourth-order valence-electron chi connectivity index (χ4n) is 6.40. The van der Waals surface area contributed by atoms with Gasteiger partial charge in [0.1, 0.15) is 6.04 Å². The number of aliphatic carboxylic acids is 1. The van der Waals surface area contributed by atoms with E-state index >= 15 is 0 Å². The Morgan fingerprint density at radius 2 is 1.48 bits per heavy atom. The van der Waals surface area contributed by atoms with Crippen molar-refractivity contribution < 1.29 is 14.7 Å². The van der Waals surface area contributed by atoms with Crippen LogP contribution in [-0.4, -0.2) is 47.7 Å². The van der Waals surface area contributed by atoms with Gasteiger partial charge in [-0.25, -0.2) is 4.79 Å². The van der Waals surface area contributed by atoms with Gasteiger partial charge in [-0.15, -0.1) is 0 Å². The quantitative estimate of drug-likeness (QED) is 0.164. The number of nitrogens with one attached hydrogen (secondary N) is 2. The van der Waals surface area contributed by atoms with E-state index in [1.807, 2.05) is 17.0 Å². The number of aryl methyl sites for hydroxylation is 2. The number of benzene rings is 4. The zero-order chi connectivity index (χ0) is 30.5. The average molecular weight is 589 g/mol. The molecule has 226 valence electrons. The third kappa shape index (κ3) is 6.63. The Morgan fingerprint density at radius 3 is 2.11 bits per heavy atom. The van der Waals surface area contributed by atoms with Gasteiger partial charge in [-0.3, -0.25) is 4.79 Å². The van der Waals surface area contributed by atoms with E-state index in [1.54, 1.807) is 0 Å². The molecule has 7 rings (SSSR count). The number of hydrogen-bond acceptors (Lipinski definition) is 4. The maximum Gasteiger partial charge on any atom is 0.321 e. The van der Waals surface area contributed by atoms with E-state index in [-0.39, 0.29) is 12.1 Å².